The topological polar surface area (TPSA) is 52.1 Å². The third-order valence-electron chi connectivity index (χ3n) is 1.27. The molecule has 1 heterocycles. The van der Waals surface area contributed by atoms with Crippen molar-refractivity contribution in [3.05, 3.63) is 23.8 Å². The second kappa shape index (κ2) is 3.88. The molecule has 6 heteroatoms. The molecule has 0 bridgehead atoms. The van der Waals surface area contributed by atoms with Crippen LogP contribution < -0.4 is 0 Å². The van der Waals surface area contributed by atoms with Crippen LogP contribution >= 0.6 is 0 Å². The van der Waals surface area contributed by atoms with Crippen molar-refractivity contribution in [1.29, 1.82) is 0 Å². The predicted octanol–water partition coefficient (Wildman–Crippen LogP) is 1.20. The number of hydrogen-bond acceptors (Lipinski definition) is 4. The second-order valence-corrected chi connectivity index (χ2v) is 2.12. The number of nitrogens with zero attached hydrogens (tertiary/aromatic N) is 2. The fourth-order valence-corrected chi connectivity index (χ4v) is 0.689. The van der Waals surface area contributed by atoms with E-state index < -0.39 is 18.1 Å². The lowest BCUT2D eigenvalue weighted by Gasteiger charge is -2.00. The van der Waals surface area contributed by atoms with Gasteiger partial charge >= 0.3 is 5.97 Å². The first kappa shape index (κ1) is 9.50. The highest BCUT2D eigenvalue weighted by atomic mass is 19.3. The Balaban J connectivity index is 2.98. The number of aromatic nitrogens is 2. The number of carbonyl (C=O) groups is 1. The van der Waals surface area contributed by atoms with E-state index in [2.05, 4.69) is 14.7 Å². The van der Waals surface area contributed by atoms with E-state index in [1.807, 2.05) is 0 Å². The Morgan fingerprint density at radius 2 is 2.23 bits per heavy atom. The predicted molar refractivity (Wildman–Crippen MR) is 38.3 cm³/mol. The van der Waals surface area contributed by atoms with Crippen molar-refractivity contribution in [3.8, 4) is 0 Å². The largest absolute Gasteiger partial charge is 0.464 e. The van der Waals surface area contributed by atoms with E-state index in [0.29, 0.717) is 0 Å². The first-order chi connectivity index (χ1) is 6.15. The monoisotopic (exact) mass is 188 g/mol. The molecule has 13 heavy (non-hydrogen) atoms. The summed E-state index contributed by atoms with van der Waals surface area (Å²) in [5.74, 6) is -0.782. The lowest BCUT2D eigenvalue weighted by molar-refractivity contribution is 0.0591. The average molecular weight is 188 g/mol. The van der Waals surface area contributed by atoms with Crippen LogP contribution in [0.1, 0.15) is 22.6 Å². The van der Waals surface area contributed by atoms with Crippen molar-refractivity contribution < 1.29 is 18.3 Å². The van der Waals surface area contributed by atoms with Gasteiger partial charge in [-0.15, -0.1) is 0 Å². The maximum Gasteiger partial charge on any atom is 0.358 e. The zero-order valence-corrected chi connectivity index (χ0v) is 6.70. The SMILES string of the molecule is COC(=O)c1cncc(C(F)F)n1. The number of esters is 1. The third kappa shape index (κ3) is 2.17. The van der Waals surface area contributed by atoms with Crippen LogP contribution in [0.5, 0.6) is 0 Å². The van der Waals surface area contributed by atoms with Gasteiger partial charge in [-0.2, -0.15) is 0 Å². The highest BCUT2D eigenvalue weighted by Crippen LogP contribution is 2.14. The van der Waals surface area contributed by atoms with Gasteiger partial charge in [0.1, 0.15) is 5.69 Å². The van der Waals surface area contributed by atoms with Crippen molar-refractivity contribution >= 4 is 5.97 Å². The van der Waals surface area contributed by atoms with E-state index in [4.69, 9.17) is 0 Å². The van der Waals surface area contributed by atoms with E-state index in [0.717, 1.165) is 19.5 Å². The molecule has 0 saturated carbocycles. The van der Waals surface area contributed by atoms with Gasteiger partial charge in [0.05, 0.1) is 19.5 Å². The smallest absolute Gasteiger partial charge is 0.358 e. The summed E-state index contributed by atoms with van der Waals surface area (Å²) in [6, 6.07) is 0. The first-order valence-corrected chi connectivity index (χ1v) is 3.33. The standard InChI is InChI=1S/C7H6F2N2O2/c1-13-7(12)5-3-10-2-4(11-5)6(8)9/h2-3,6H,1H3. The van der Waals surface area contributed by atoms with Gasteiger partial charge < -0.3 is 4.74 Å². The van der Waals surface area contributed by atoms with Gasteiger partial charge in [0.15, 0.2) is 5.69 Å². The molecule has 0 N–H and O–H groups in total. The summed E-state index contributed by atoms with van der Waals surface area (Å²) >= 11 is 0. The quantitative estimate of drug-likeness (QED) is 0.654. The molecule has 0 aliphatic rings. The molecule has 4 nitrogen and oxygen atoms in total. The molecule has 1 aromatic rings. The highest BCUT2D eigenvalue weighted by Gasteiger charge is 2.13. The number of carbonyl (C=O) groups excluding carboxylic acids is 1. The van der Waals surface area contributed by atoms with Crippen LogP contribution in [0.2, 0.25) is 0 Å². The Bertz CT molecular complexity index is 317. The Morgan fingerprint density at radius 1 is 1.54 bits per heavy atom. The fraction of sp³-hybridized carbons (Fsp3) is 0.286. The molecule has 0 fully saturated rings. The van der Waals surface area contributed by atoms with E-state index in [-0.39, 0.29) is 5.69 Å². The third-order valence-corrected chi connectivity index (χ3v) is 1.27. The van der Waals surface area contributed by atoms with Gasteiger partial charge in [-0.25, -0.2) is 18.6 Å². The first-order valence-electron chi connectivity index (χ1n) is 3.33. The minimum atomic E-state index is -2.74. The number of alkyl halides is 2. The van der Waals surface area contributed by atoms with Crippen molar-refractivity contribution in [2.24, 2.45) is 0 Å². The number of methoxy groups -OCH3 is 1. The average Bonchev–Trinajstić information content (AvgIpc) is 2.17. The van der Waals surface area contributed by atoms with Gasteiger partial charge in [0.2, 0.25) is 0 Å². The van der Waals surface area contributed by atoms with Crippen LogP contribution in [0, 0.1) is 0 Å². The summed E-state index contributed by atoms with van der Waals surface area (Å²) in [5.41, 5.74) is -0.761. The van der Waals surface area contributed by atoms with E-state index in [1.165, 1.54) is 0 Å². The van der Waals surface area contributed by atoms with Crippen LogP contribution in [0.3, 0.4) is 0 Å². The Morgan fingerprint density at radius 3 is 2.77 bits per heavy atom. The highest BCUT2D eigenvalue weighted by molar-refractivity contribution is 5.86. The summed E-state index contributed by atoms with van der Waals surface area (Å²) < 4.78 is 28.4. The molecular formula is C7H6F2N2O2. The fourth-order valence-electron chi connectivity index (χ4n) is 0.689. The molecule has 0 aliphatic carbocycles. The zero-order valence-electron chi connectivity index (χ0n) is 6.70. The summed E-state index contributed by atoms with van der Waals surface area (Å²) in [6.07, 6.45) is -0.772. The van der Waals surface area contributed by atoms with Crippen LogP contribution in [-0.2, 0) is 4.74 Å². The number of ether oxygens (including phenoxy) is 1. The van der Waals surface area contributed by atoms with Crippen LogP contribution in [-0.4, -0.2) is 23.0 Å². The van der Waals surface area contributed by atoms with Crippen molar-refractivity contribution in [2.75, 3.05) is 7.11 Å². The van der Waals surface area contributed by atoms with Crippen molar-refractivity contribution in [1.82, 2.24) is 9.97 Å². The Kier molecular flexibility index (Phi) is 2.84. The maximum atomic E-state index is 12.1. The van der Waals surface area contributed by atoms with Gasteiger partial charge in [-0.1, -0.05) is 0 Å². The molecule has 0 amide bonds. The van der Waals surface area contributed by atoms with Gasteiger partial charge in [-0.3, -0.25) is 4.98 Å². The summed E-state index contributed by atoms with van der Waals surface area (Å²) in [7, 11) is 1.14. The molecule has 0 spiro atoms. The van der Waals surface area contributed by atoms with Crippen LogP contribution in [0.15, 0.2) is 12.4 Å². The lowest BCUT2D eigenvalue weighted by Crippen LogP contribution is -2.06. The minimum Gasteiger partial charge on any atom is -0.464 e. The van der Waals surface area contributed by atoms with Gasteiger partial charge in [-0.05, 0) is 0 Å². The molecule has 0 aliphatic heterocycles. The Labute approximate surface area is 72.6 Å². The normalized spacial score (nSPS) is 10.2. The van der Waals surface area contributed by atoms with E-state index in [1.54, 1.807) is 0 Å². The maximum absolute atomic E-state index is 12.1. The molecule has 0 unspecified atom stereocenters. The van der Waals surface area contributed by atoms with Crippen LogP contribution in [0.25, 0.3) is 0 Å². The second-order valence-electron chi connectivity index (χ2n) is 2.12. The summed E-state index contributed by atoms with van der Waals surface area (Å²) in [4.78, 5) is 17.6. The molecule has 1 rings (SSSR count). The van der Waals surface area contributed by atoms with Crippen molar-refractivity contribution in [2.45, 2.75) is 6.43 Å². The zero-order chi connectivity index (χ0) is 9.84. The molecule has 0 radical (unpaired) electrons. The number of rotatable bonds is 2. The summed E-state index contributed by atoms with van der Waals surface area (Å²) in [6.45, 7) is 0. The number of hydrogen-bond donors (Lipinski definition) is 0. The molecule has 1 aromatic heterocycles. The number of halogens is 2. The van der Waals surface area contributed by atoms with Crippen LogP contribution in [0.4, 0.5) is 8.78 Å². The molecule has 70 valence electrons. The minimum absolute atomic E-state index is 0.222. The van der Waals surface area contributed by atoms with E-state index in [9.17, 15) is 13.6 Å². The summed E-state index contributed by atoms with van der Waals surface area (Å²) in [5, 5.41) is 0. The van der Waals surface area contributed by atoms with Crippen molar-refractivity contribution in [3.63, 3.8) is 0 Å². The molecule has 0 aromatic carbocycles. The lowest BCUT2D eigenvalue weighted by atomic mass is 10.4. The van der Waals surface area contributed by atoms with Gasteiger partial charge in [0, 0.05) is 0 Å². The van der Waals surface area contributed by atoms with Gasteiger partial charge in [0.25, 0.3) is 6.43 Å². The molecule has 0 atom stereocenters. The molecule has 0 saturated heterocycles. The van der Waals surface area contributed by atoms with E-state index >= 15 is 0 Å². The Hall–Kier alpha value is -1.59. The molecular weight excluding hydrogens is 182 g/mol.